The number of nitrogens with one attached hydrogen (secondary N) is 1. The minimum Gasteiger partial charge on any atom is -0.480 e. The predicted molar refractivity (Wildman–Crippen MR) is 125 cm³/mol. The topological polar surface area (TPSA) is 86.7 Å². The van der Waals surface area contributed by atoms with Crippen LogP contribution in [0.1, 0.15) is 33.5 Å². The molecule has 0 saturated carbocycles. The lowest BCUT2D eigenvalue weighted by atomic mass is 9.83. The lowest BCUT2D eigenvalue weighted by molar-refractivity contribution is -0.139. The van der Waals surface area contributed by atoms with Gasteiger partial charge in [-0.1, -0.05) is 29.8 Å². The van der Waals surface area contributed by atoms with Crippen LogP contribution >= 0.6 is 11.6 Å². The lowest BCUT2D eigenvalue weighted by Gasteiger charge is -2.37. The van der Waals surface area contributed by atoms with Gasteiger partial charge < -0.3 is 15.3 Å². The van der Waals surface area contributed by atoms with Crippen LogP contribution in [0.4, 0.5) is 18.9 Å². The zero-order valence-corrected chi connectivity index (χ0v) is 19.3. The molecule has 0 saturated heterocycles. The summed E-state index contributed by atoms with van der Waals surface area (Å²) in [6, 6.07) is 7.28. The molecule has 0 bridgehead atoms. The molecule has 10 heteroatoms. The van der Waals surface area contributed by atoms with Crippen molar-refractivity contribution in [3.8, 4) is 11.1 Å². The van der Waals surface area contributed by atoms with Gasteiger partial charge in [0.25, 0.3) is 5.91 Å². The molecule has 2 aliphatic heterocycles. The summed E-state index contributed by atoms with van der Waals surface area (Å²) in [6.07, 6.45) is 0.294. The molecule has 1 atom stereocenters. The first-order valence-corrected chi connectivity index (χ1v) is 11.4. The van der Waals surface area contributed by atoms with E-state index in [1.54, 1.807) is 12.1 Å². The standard InChI is InChI=1S/C26H18ClF3N2O4/c27-17-10-14(28)8-13-11-32-21(33)7-6-15-12(4-5-16(22(13)17)24(15)32)9-20(26(35)36)31-25(34)23-18(29)2-1-3-19(23)30/h1-5,8,10,20H,6-7,9,11H2,(H,31,34)(H,35,36)/t20-/m0/s1. The highest BCUT2D eigenvalue weighted by molar-refractivity contribution is 6.34. The third kappa shape index (κ3) is 3.99. The first kappa shape index (κ1) is 23.9. The van der Waals surface area contributed by atoms with Crippen LogP contribution in [0.5, 0.6) is 0 Å². The van der Waals surface area contributed by atoms with Crippen LogP contribution in [0.25, 0.3) is 11.1 Å². The summed E-state index contributed by atoms with van der Waals surface area (Å²) in [4.78, 5) is 38.8. The molecule has 36 heavy (non-hydrogen) atoms. The Labute approximate surface area is 208 Å². The van der Waals surface area contributed by atoms with Crippen molar-refractivity contribution in [2.45, 2.75) is 31.8 Å². The highest BCUT2D eigenvalue weighted by Gasteiger charge is 2.35. The molecular formula is C26H18ClF3N2O4. The number of fused-ring (bicyclic) bond motifs is 2. The number of carbonyl (C=O) groups excluding carboxylic acids is 2. The van der Waals surface area contributed by atoms with E-state index >= 15 is 0 Å². The fourth-order valence-electron chi connectivity index (χ4n) is 4.91. The Hall–Kier alpha value is -3.85. The number of halogens is 4. The van der Waals surface area contributed by atoms with Crippen molar-refractivity contribution in [2.24, 2.45) is 0 Å². The molecule has 2 N–H and O–H groups in total. The van der Waals surface area contributed by atoms with Crippen molar-refractivity contribution in [1.29, 1.82) is 0 Å². The van der Waals surface area contributed by atoms with Crippen LogP contribution in [-0.4, -0.2) is 28.9 Å². The van der Waals surface area contributed by atoms with Crippen LogP contribution in [-0.2, 0) is 29.0 Å². The van der Waals surface area contributed by atoms with Gasteiger partial charge in [0.1, 0.15) is 29.1 Å². The average Bonchev–Trinajstić information content (AvgIpc) is 2.81. The maximum absolute atomic E-state index is 14.0. The molecule has 0 aromatic heterocycles. The Morgan fingerprint density at radius 2 is 1.81 bits per heavy atom. The maximum atomic E-state index is 14.0. The van der Waals surface area contributed by atoms with E-state index < -0.39 is 40.9 Å². The SMILES string of the molecule is O=C(N[C@@H](Cc1ccc2c3c1CCC(=O)N3Cc1cc(F)cc(Cl)c1-2)C(=O)O)c1c(F)cccc1F. The summed E-state index contributed by atoms with van der Waals surface area (Å²) >= 11 is 6.35. The average molecular weight is 515 g/mol. The summed E-state index contributed by atoms with van der Waals surface area (Å²) in [7, 11) is 0. The smallest absolute Gasteiger partial charge is 0.326 e. The van der Waals surface area contributed by atoms with Gasteiger partial charge in [-0.25, -0.2) is 18.0 Å². The molecule has 5 rings (SSSR count). The van der Waals surface area contributed by atoms with Crippen molar-refractivity contribution >= 4 is 35.1 Å². The molecule has 0 aliphatic carbocycles. The van der Waals surface area contributed by atoms with Crippen LogP contribution < -0.4 is 10.2 Å². The number of carboxylic acids is 1. The van der Waals surface area contributed by atoms with Crippen molar-refractivity contribution in [3.05, 3.63) is 87.2 Å². The highest BCUT2D eigenvalue weighted by Crippen LogP contribution is 2.48. The zero-order valence-electron chi connectivity index (χ0n) is 18.6. The summed E-state index contributed by atoms with van der Waals surface area (Å²) in [5, 5.41) is 12.1. The highest BCUT2D eigenvalue weighted by atomic mass is 35.5. The number of benzene rings is 3. The number of nitrogens with zero attached hydrogens (tertiary/aromatic N) is 1. The van der Waals surface area contributed by atoms with Gasteiger partial charge in [0.2, 0.25) is 5.91 Å². The number of carboxylic acid groups (broad SMARTS) is 1. The summed E-state index contributed by atoms with van der Waals surface area (Å²) in [5.74, 6) is -5.48. The first-order valence-electron chi connectivity index (χ1n) is 11.1. The van der Waals surface area contributed by atoms with Gasteiger partial charge in [-0.3, -0.25) is 9.59 Å². The minimum absolute atomic E-state index is 0.112. The Morgan fingerprint density at radius 1 is 1.08 bits per heavy atom. The molecule has 2 heterocycles. The molecule has 0 unspecified atom stereocenters. The zero-order chi connectivity index (χ0) is 25.7. The second-order valence-corrected chi connectivity index (χ2v) is 9.07. The predicted octanol–water partition coefficient (Wildman–Crippen LogP) is 4.64. The van der Waals surface area contributed by atoms with E-state index in [4.69, 9.17) is 11.6 Å². The van der Waals surface area contributed by atoms with E-state index in [2.05, 4.69) is 5.32 Å². The van der Waals surface area contributed by atoms with Crippen molar-refractivity contribution in [2.75, 3.05) is 4.90 Å². The number of anilines is 1. The summed E-state index contributed by atoms with van der Waals surface area (Å²) in [6.45, 7) is 0.112. The fraction of sp³-hybridized carbons (Fsp3) is 0.192. The largest absolute Gasteiger partial charge is 0.480 e. The lowest BCUT2D eigenvalue weighted by Crippen LogP contribution is -2.43. The van der Waals surface area contributed by atoms with Gasteiger partial charge in [0.15, 0.2) is 0 Å². The van der Waals surface area contributed by atoms with E-state index in [1.807, 2.05) is 0 Å². The van der Waals surface area contributed by atoms with Crippen molar-refractivity contribution < 1.29 is 32.7 Å². The van der Waals surface area contributed by atoms with Crippen LogP contribution in [0.3, 0.4) is 0 Å². The van der Waals surface area contributed by atoms with Crippen molar-refractivity contribution in [3.63, 3.8) is 0 Å². The van der Waals surface area contributed by atoms with Gasteiger partial charge in [-0.15, -0.1) is 0 Å². The quantitative estimate of drug-likeness (QED) is 0.519. The van der Waals surface area contributed by atoms with Crippen molar-refractivity contribution in [1.82, 2.24) is 5.32 Å². The molecule has 2 amide bonds. The van der Waals surface area contributed by atoms with Crippen LogP contribution in [0.15, 0.2) is 42.5 Å². The number of amides is 2. The molecular weight excluding hydrogens is 497 g/mol. The Morgan fingerprint density at radius 3 is 2.50 bits per heavy atom. The van der Waals surface area contributed by atoms with E-state index in [1.165, 1.54) is 17.0 Å². The van der Waals surface area contributed by atoms with Gasteiger partial charge in [0, 0.05) is 24.0 Å². The minimum atomic E-state index is -1.49. The molecule has 184 valence electrons. The number of carbonyl (C=O) groups is 3. The third-order valence-electron chi connectivity index (χ3n) is 6.49. The summed E-state index contributed by atoms with van der Waals surface area (Å²) < 4.78 is 42.1. The van der Waals surface area contributed by atoms with E-state index in [-0.39, 0.29) is 30.3 Å². The van der Waals surface area contributed by atoms with E-state index in [0.29, 0.717) is 39.9 Å². The molecule has 0 radical (unpaired) electrons. The van der Waals surface area contributed by atoms with Gasteiger partial charge in [0.05, 0.1) is 17.3 Å². The molecule has 3 aromatic carbocycles. The van der Waals surface area contributed by atoms with Gasteiger partial charge in [-0.2, -0.15) is 0 Å². The molecule has 2 aliphatic rings. The Balaban J connectivity index is 1.53. The van der Waals surface area contributed by atoms with E-state index in [0.717, 1.165) is 18.2 Å². The van der Waals surface area contributed by atoms with Crippen LogP contribution in [0.2, 0.25) is 5.02 Å². The van der Waals surface area contributed by atoms with Gasteiger partial charge in [-0.05, 0) is 47.4 Å². The maximum Gasteiger partial charge on any atom is 0.326 e. The monoisotopic (exact) mass is 514 g/mol. The fourth-order valence-corrected chi connectivity index (χ4v) is 5.23. The second kappa shape index (κ2) is 8.98. The number of rotatable bonds is 5. The number of hydrogen-bond acceptors (Lipinski definition) is 3. The second-order valence-electron chi connectivity index (χ2n) is 8.67. The molecule has 3 aromatic rings. The Kier molecular flexibility index (Phi) is 5.96. The Bertz CT molecular complexity index is 1440. The third-order valence-corrected chi connectivity index (χ3v) is 6.79. The first-order chi connectivity index (χ1) is 17.2. The summed E-state index contributed by atoms with van der Waals surface area (Å²) in [5.41, 5.74) is 2.74. The van der Waals surface area contributed by atoms with Gasteiger partial charge >= 0.3 is 5.97 Å². The van der Waals surface area contributed by atoms with Crippen LogP contribution in [0, 0.1) is 17.5 Å². The number of hydrogen-bond donors (Lipinski definition) is 2. The number of aliphatic carboxylic acids is 1. The molecule has 0 fully saturated rings. The molecule has 0 spiro atoms. The normalized spacial score (nSPS) is 14.7. The van der Waals surface area contributed by atoms with E-state index in [9.17, 15) is 32.7 Å². The molecule has 6 nitrogen and oxygen atoms in total.